The molecule has 14 heavy (non-hydrogen) atoms. The van der Waals surface area contributed by atoms with Crippen LogP contribution in [0.3, 0.4) is 0 Å². The average Bonchev–Trinajstić information content (AvgIpc) is 2.29. The molecule has 0 aromatic heterocycles. The van der Waals surface area contributed by atoms with Crippen LogP contribution < -0.4 is 0 Å². The van der Waals surface area contributed by atoms with Gasteiger partial charge in [-0.1, -0.05) is 0 Å². The molecule has 0 amide bonds. The van der Waals surface area contributed by atoms with Gasteiger partial charge in [-0.25, -0.2) is 4.39 Å². The summed E-state index contributed by atoms with van der Waals surface area (Å²) in [7, 11) is -5.28. The van der Waals surface area contributed by atoms with E-state index in [0.29, 0.717) is 0 Å². The predicted octanol–water partition coefficient (Wildman–Crippen LogP) is -2.10. The minimum absolute atomic E-state index is 0.857. The maximum atomic E-state index is 13.1. The fraction of sp³-hybridized carbons (Fsp3) is 1.00. The lowest BCUT2D eigenvalue weighted by Crippen LogP contribution is -2.39. The fourth-order valence-corrected chi connectivity index (χ4v) is 1.89. The van der Waals surface area contributed by atoms with Gasteiger partial charge >= 0.3 is 13.1 Å². The summed E-state index contributed by atoms with van der Waals surface area (Å²) >= 11 is 0. The van der Waals surface area contributed by atoms with Gasteiger partial charge in [-0.15, -0.1) is 0 Å². The molecule has 0 spiro atoms. The molecule has 5 N–H and O–H groups in total. The van der Waals surface area contributed by atoms with Crippen molar-refractivity contribution < 1.29 is 38.8 Å². The lowest BCUT2D eigenvalue weighted by Gasteiger charge is -2.24. The Labute approximate surface area is 77.9 Å². The zero-order chi connectivity index (χ0) is 11.1. The topological polar surface area (TPSA) is 127 Å². The van der Waals surface area contributed by atoms with Crippen LogP contribution in [0.25, 0.3) is 0 Å². The van der Waals surface area contributed by atoms with Crippen molar-refractivity contribution in [3.05, 3.63) is 0 Å². The average molecular weight is 232 g/mol. The Hall–Kier alpha value is -0.0800. The lowest BCUT2D eigenvalue weighted by molar-refractivity contribution is -0.169. The quantitative estimate of drug-likeness (QED) is 0.345. The number of aliphatic hydroxyl groups is 3. The largest absolute Gasteiger partial charge is 0.394 e. The molecule has 1 fully saturated rings. The lowest BCUT2D eigenvalue weighted by atomic mass is 10.2. The van der Waals surface area contributed by atoms with Crippen LogP contribution in [0, 0.1) is 0 Å². The highest BCUT2D eigenvalue weighted by Gasteiger charge is 2.64. The fourth-order valence-electron chi connectivity index (χ4n) is 1.14. The molecule has 0 bridgehead atoms. The second-order valence-electron chi connectivity index (χ2n) is 2.93. The molecular weight excluding hydrogens is 222 g/mol. The number of ether oxygens (including phenoxy) is 1. The van der Waals surface area contributed by atoms with Crippen LogP contribution in [-0.2, 0) is 9.30 Å². The van der Waals surface area contributed by atoms with Crippen molar-refractivity contribution in [2.45, 2.75) is 23.9 Å². The van der Waals surface area contributed by atoms with Crippen LogP contribution in [0.4, 0.5) is 4.39 Å². The molecule has 0 saturated carbocycles. The summed E-state index contributed by atoms with van der Waals surface area (Å²) in [6.45, 7) is -0.857. The summed E-state index contributed by atoms with van der Waals surface area (Å²) in [5.74, 6) is 0. The number of halogens is 1. The van der Waals surface area contributed by atoms with Crippen LogP contribution in [0.2, 0.25) is 0 Å². The molecule has 7 nitrogen and oxygen atoms in total. The summed E-state index contributed by atoms with van der Waals surface area (Å²) < 4.78 is 27.9. The van der Waals surface area contributed by atoms with E-state index in [-0.39, 0.29) is 0 Å². The van der Waals surface area contributed by atoms with E-state index in [2.05, 4.69) is 4.74 Å². The molecule has 1 aliphatic rings. The number of alkyl halides is 1. The van der Waals surface area contributed by atoms with Crippen molar-refractivity contribution in [1.29, 1.82) is 0 Å². The SMILES string of the molecule is O=P(O)(O)C1(O)O[C@H](CO)[C@@H](O)[C@@H]1F. The zero-order valence-electron chi connectivity index (χ0n) is 6.82. The summed E-state index contributed by atoms with van der Waals surface area (Å²) in [5, 5.41) is 26.7. The van der Waals surface area contributed by atoms with Gasteiger partial charge in [0.25, 0.3) is 0 Å². The second kappa shape index (κ2) is 3.49. The predicted molar refractivity (Wildman–Crippen MR) is 39.9 cm³/mol. The van der Waals surface area contributed by atoms with Crippen LogP contribution in [0.5, 0.6) is 0 Å². The molecule has 0 aliphatic carbocycles. The number of hydrogen-bond donors (Lipinski definition) is 5. The molecule has 0 aromatic carbocycles. The van der Waals surface area contributed by atoms with Crippen LogP contribution >= 0.6 is 7.60 Å². The zero-order valence-corrected chi connectivity index (χ0v) is 7.71. The molecule has 9 heteroatoms. The van der Waals surface area contributed by atoms with Crippen molar-refractivity contribution in [2.24, 2.45) is 0 Å². The Bertz CT molecular complexity index is 267. The summed E-state index contributed by atoms with van der Waals surface area (Å²) in [6, 6.07) is 0. The molecule has 1 rings (SSSR count). The van der Waals surface area contributed by atoms with Gasteiger partial charge in [0.15, 0.2) is 6.17 Å². The highest BCUT2D eigenvalue weighted by molar-refractivity contribution is 7.53. The van der Waals surface area contributed by atoms with E-state index in [1.165, 1.54) is 0 Å². The first kappa shape index (κ1) is 12.0. The minimum atomic E-state index is -5.28. The van der Waals surface area contributed by atoms with Crippen molar-refractivity contribution >= 4 is 7.60 Å². The van der Waals surface area contributed by atoms with Crippen molar-refractivity contribution in [3.8, 4) is 0 Å². The van der Waals surface area contributed by atoms with E-state index in [1.54, 1.807) is 0 Å². The summed E-state index contributed by atoms with van der Waals surface area (Å²) in [6.07, 6.45) is -6.19. The normalized spacial score (nSPS) is 44.3. The third kappa shape index (κ3) is 1.59. The van der Waals surface area contributed by atoms with E-state index in [0.717, 1.165) is 0 Å². The first-order valence-corrected chi connectivity index (χ1v) is 5.24. The maximum Gasteiger partial charge on any atom is 0.387 e. The second-order valence-corrected chi connectivity index (χ2v) is 4.66. The van der Waals surface area contributed by atoms with Gasteiger partial charge < -0.3 is 29.8 Å². The molecule has 0 radical (unpaired) electrons. The van der Waals surface area contributed by atoms with E-state index in [1.807, 2.05) is 0 Å². The first-order valence-electron chi connectivity index (χ1n) is 3.63. The van der Waals surface area contributed by atoms with E-state index >= 15 is 0 Å². The number of aliphatic hydroxyl groups excluding tert-OH is 2. The first-order chi connectivity index (χ1) is 6.24. The van der Waals surface area contributed by atoms with Crippen molar-refractivity contribution in [3.63, 3.8) is 0 Å². The summed E-state index contributed by atoms with van der Waals surface area (Å²) in [5.41, 5.74) is -3.38. The third-order valence-corrected chi connectivity index (χ3v) is 3.15. The van der Waals surface area contributed by atoms with E-state index < -0.39 is 38.1 Å². The van der Waals surface area contributed by atoms with Crippen molar-refractivity contribution in [2.75, 3.05) is 6.61 Å². The Morgan fingerprint density at radius 2 is 2.00 bits per heavy atom. The third-order valence-electron chi connectivity index (χ3n) is 1.96. The van der Waals surface area contributed by atoms with Gasteiger partial charge in [0.05, 0.1) is 6.61 Å². The monoisotopic (exact) mass is 232 g/mol. The Morgan fingerprint density at radius 1 is 1.50 bits per heavy atom. The highest BCUT2D eigenvalue weighted by Crippen LogP contribution is 2.56. The molecule has 1 aliphatic heterocycles. The van der Waals surface area contributed by atoms with Gasteiger partial charge in [-0.05, 0) is 0 Å². The Morgan fingerprint density at radius 3 is 2.21 bits per heavy atom. The van der Waals surface area contributed by atoms with E-state index in [4.69, 9.17) is 25.1 Å². The Balaban J connectivity index is 2.99. The smallest absolute Gasteiger partial charge is 0.387 e. The molecule has 1 heterocycles. The van der Waals surface area contributed by atoms with Gasteiger partial charge in [-0.2, -0.15) is 0 Å². The van der Waals surface area contributed by atoms with Crippen molar-refractivity contribution in [1.82, 2.24) is 0 Å². The standard InChI is InChI=1S/C5H10FO7P/c6-4-3(8)2(1-7)13-5(4,9)14(10,11)12/h2-4,7-9H,1H2,(H2,10,11,12)/t2-,3-,4+,5?/m1/s1. The van der Waals surface area contributed by atoms with Gasteiger partial charge in [0.1, 0.15) is 12.2 Å². The van der Waals surface area contributed by atoms with E-state index in [9.17, 15) is 8.96 Å². The van der Waals surface area contributed by atoms with Crippen LogP contribution in [0.1, 0.15) is 0 Å². The van der Waals surface area contributed by atoms with Gasteiger partial charge in [-0.3, -0.25) is 4.57 Å². The summed E-state index contributed by atoms with van der Waals surface area (Å²) in [4.78, 5) is 17.2. The molecule has 1 unspecified atom stereocenters. The molecule has 84 valence electrons. The van der Waals surface area contributed by atoms with Gasteiger partial charge in [0.2, 0.25) is 0 Å². The molecular formula is C5H10FO7P. The maximum absolute atomic E-state index is 13.1. The molecule has 4 atom stereocenters. The van der Waals surface area contributed by atoms with Gasteiger partial charge in [0, 0.05) is 0 Å². The Kier molecular flexibility index (Phi) is 2.99. The molecule has 1 saturated heterocycles. The number of rotatable bonds is 2. The van der Waals surface area contributed by atoms with Crippen LogP contribution in [-0.4, -0.2) is 55.6 Å². The van der Waals surface area contributed by atoms with Crippen LogP contribution in [0.15, 0.2) is 0 Å². The highest BCUT2D eigenvalue weighted by atomic mass is 31.2. The molecule has 0 aromatic rings. The number of hydrogen-bond acceptors (Lipinski definition) is 5. The minimum Gasteiger partial charge on any atom is -0.394 e.